The van der Waals surface area contributed by atoms with E-state index in [2.05, 4.69) is 91.3 Å². The normalized spacial score (nSPS) is 14.1. The lowest BCUT2D eigenvalue weighted by Crippen LogP contribution is -2.57. The number of hydrogen-bond acceptors (Lipinski definition) is 22. The summed E-state index contributed by atoms with van der Waals surface area (Å²) in [6.07, 6.45) is 50.7. The molecule has 10 amide bonds. The molecule has 0 aliphatic heterocycles. The van der Waals surface area contributed by atoms with Gasteiger partial charge in [-0.2, -0.15) is 23.5 Å². The van der Waals surface area contributed by atoms with Gasteiger partial charge in [0.25, 0.3) is 0 Å². The fraction of sp³-hybridized carbons (Fsp3) is 0.837. The van der Waals surface area contributed by atoms with Crippen LogP contribution in [0.1, 0.15) is 309 Å². The zero-order chi connectivity index (χ0) is 87.3. The van der Waals surface area contributed by atoms with E-state index in [-0.39, 0.29) is 61.1 Å². The highest BCUT2D eigenvalue weighted by Crippen LogP contribution is 2.16. The summed E-state index contributed by atoms with van der Waals surface area (Å²) in [5.74, 6) is -4.34. The van der Waals surface area contributed by atoms with Crippen molar-refractivity contribution in [2.24, 2.45) is 45.9 Å². The molecular formula is C86H168N18O12S2. The Balaban J connectivity index is 6.01. The molecule has 28 N–H and O–H groups in total. The van der Waals surface area contributed by atoms with Gasteiger partial charge in [0.15, 0.2) is 0 Å². The molecule has 0 aliphatic rings. The number of allylic oxidation sites excluding steroid dienone is 4. The Morgan fingerprint density at radius 3 is 0.729 bits per heavy atom. The molecule has 0 aliphatic carbocycles. The first-order chi connectivity index (χ1) is 57.1. The van der Waals surface area contributed by atoms with Crippen LogP contribution in [0.25, 0.3) is 0 Å². The lowest BCUT2D eigenvalue weighted by molar-refractivity contribution is -0.132. The lowest BCUT2D eigenvalue weighted by atomic mass is 10.1. The summed E-state index contributed by atoms with van der Waals surface area (Å²) in [5, 5.41) is 48.5. The number of aliphatic hydroxyl groups is 2. The maximum absolute atomic E-state index is 14.1. The smallest absolute Gasteiger partial charge is 0.244 e. The molecule has 0 radical (unpaired) electrons. The Labute approximate surface area is 718 Å². The van der Waals surface area contributed by atoms with Crippen molar-refractivity contribution in [3.8, 4) is 0 Å². The van der Waals surface area contributed by atoms with E-state index in [4.69, 9.17) is 45.9 Å². The van der Waals surface area contributed by atoms with Gasteiger partial charge in [-0.1, -0.05) is 167 Å². The molecule has 0 unspecified atom stereocenters. The number of carbonyl (C=O) groups is 10. The maximum atomic E-state index is 14.1. The summed E-state index contributed by atoms with van der Waals surface area (Å²) in [4.78, 5) is 133. The van der Waals surface area contributed by atoms with Crippen LogP contribution in [0.2, 0.25) is 0 Å². The number of thioether (sulfide) groups is 2. The summed E-state index contributed by atoms with van der Waals surface area (Å²) in [7, 11) is 0. The van der Waals surface area contributed by atoms with E-state index in [1.54, 1.807) is 0 Å². The van der Waals surface area contributed by atoms with E-state index in [1.807, 2.05) is 0 Å². The zero-order valence-electron chi connectivity index (χ0n) is 72.9. The van der Waals surface area contributed by atoms with Gasteiger partial charge in [-0.3, -0.25) is 47.9 Å². The van der Waals surface area contributed by atoms with E-state index < -0.39 is 109 Å². The average Bonchev–Trinajstić information content (AvgIpc) is 0.884. The molecule has 32 heteroatoms. The van der Waals surface area contributed by atoms with Crippen molar-refractivity contribution in [1.82, 2.24) is 53.2 Å². The average molecular weight is 1710 g/mol. The van der Waals surface area contributed by atoms with Crippen LogP contribution in [0, 0.1) is 0 Å². The van der Waals surface area contributed by atoms with Gasteiger partial charge in [0.1, 0.15) is 24.2 Å². The highest BCUT2D eigenvalue weighted by molar-refractivity contribution is 8.03. The molecule has 0 aromatic heterocycles. The number of hydrogen-bond donors (Lipinski definition) is 20. The minimum absolute atomic E-state index is 0.00338. The summed E-state index contributed by atoms with van der Waals surface area (Å²) in [6.45, 7) is 6.17. The van der Waals surface area contributed by atoms with Gasteiger partial charge in [-0.25, -0.2) is 0 Å². The van der Waals surface area contributed by atoms with Gasteiger partial charge in [-0.05, 0) is 180 Å². The molecule has 0 heterocycles. The molecule has 0 rings (SSSR count). The SMILES string of the molecule is CCCCCCCC/C=C\CCCCCCCCNC(=O)[C@H](CO)NC(=O)[C@H](CSCCSC[C@H](NC(=O)[C@@H](N)CCCCNC(=O)[C@@H](N)CCCCNC(=O)[C@@H](N)CCCCN)C(=O)N[C@@H](CO)C(=O)NCCCCCCCC/C=C\CCCCCCCC)NC(=O)[C@@H](N)CCCCNC(=O)[C@@H](N)CCCCNC(=O)[C@@H](N)CCCCN. The number of aliphatic hydroxyl groups excluding tert-OH is 2. The third kappa shape index (κ3) is 64.3. The van der Waals surface area contributed by atoms with Crippen LogP contribution in [-0.2, 0) is 47.9 Å². The van der Waals surface area contributed by atoms with Crippen LogP contribution in [0.3, 0.4) is 0 Å². The first-order valence-corrected chi connectivity index (χ1v) is 47.9. The fourth-order valence-electron chi connectivity index (χ4n) is 12.9. The molecule has 118 heavy (non-hydrogen) atoms. The maximum Gasteiger partial charge on any atom is 0.244 e. The number of amides is 10. The Morgan fingerprint density at radius 1 is 0.263 bits per heavy atom. The standard InChI is InChI=1S/C86H168N18O12S2/c1-3-5-7-9-11-13-15-17-19-21-23-25-27-29-31-41-55-99-83(113)73(63-105)101-85(115)75(103-81(111)71(93)51-37-45-59-97-79(109)69(91)49-35-43-57-95-77(107)67(89)47-33-39-53-87)65-117-61-62-118-66-76(86(116)102-74(64-106)84(114)100-56-42-32-30-28-26-24-22-20-18-16-14-12-10-8-6-4-2)104-82(112)72(94)52-38-46-60-98-80(110)70(92)50-36-44-58-96-78(108)68(90)48-34-40-54-88/h17-20,67-76,105-106H,3-16,21-66,87-94H2,1-2H3,(H,95,107)(H,96,108)(H,97,109)(H,98,110)(H,99,113)(H,100,114)(H,101,115)(H,102,116)(H,103,111)(H,104,112)/b19-17-,20-18-/t67-,68-,69-,70-,71-,72-,73-,74-,75-,76-/m0/s1. The second kappa shape index (κ2) is 79.9. The summed E-state index contributed by atoms with van der Waals surface area (Å²) in [5.41, 5.74) is 48.2. The minimum atomic E-state index is -1.33. The number of unbranched alkanes of at least 4 members (excludes halogenated alkanes) is 30. The summed E-state index contributed by atoms with van der Waals surface area (Å²) < 4.78 is 0. The second-order valence-electron chi connectivity index (χ2n) is 31.6. The Morgan fingerprint density at radius 2 is 0.475 bits per heavy atom. The number of rotatable bonds is 83. The number of nitrogens with two attached hydrogens (primary N) is 8. The van der Waals surface area contributed by atoms with Crippen LogP contribution < -0.4 is 99.0 Å². The molecule has 0 saturated heterocycles. The van der Waals surface area contributed by atoms with Gasteiger partial charge < -0.3 is 109 Å². The quantitative estimate of drug-likeness (QED) is 0.0243. The van der Waals surface area contributed by atoms with E-state index >= 15 is 0 Å². The van der Waals surface area contributed by atoms with Gasteiger partial charge in [-0.15, -0.1) is 0 Å². The van der Waals surface area contributed by atoms with Crippen molar-refractivity contribution >= 4 is 82.6 Å². The van der Waals surface area contributed by atoms with Crippen LogP contribution in [0.15, 0.2) is 24.3 Å². The van der Waals surface area contributed by atoms with Crippen molar-refractivity contribution < 1.29 is 58.2 Å². The molecule has 686 valence electrons. The van der Waals surface area contributed by atoms with E-state index in [0.717, 1.165) is 116 Å². The van der Waals surface area contributed by atoms with Gasteiger partial charge in [0.05, 0.1) is 49.5 Å². The highest BCUT2D eigenvalue weighted by Gasteiger charge is 2.31. The number of nitrogens with one attached hydrogen (secondary N) is 10. The third-order valence-corrected chi connectivity index (χ3v) is 23.1. The Kier molecular flexibility index (Phi) is 76.2. The third-order valence-electron chi connectivity index (χ3n) is 20.7. The molecule has 0 saturated carbocycles. The largest absolute Gasteiger partial charge is 0.394 e. The topological polar surface area (TPSA) is 540 Å². The zero-order valence-corrected chi connectivity index (χ0v) is 74.6. The van der Waals surface area contributed by atoms with Crippen LogP contribution in [0.4, 0.5) is 0 Å². The van der Waals surface area contributed by atoms with Crippen molar-refractivity contribution in [2.75, 3.05) is 88.6 Å². The molecule has 0 spiro atoms. The van der Waals surface area contributed by atoms with Crippen LogP contribution >= 0.6 is 23.5 Å². The van der Waals surface area contributed by atoms with Crippen molar-refractivity contribution in [1.29, 1.82) is 0 Å². The van der Waals surface area contributed by atoms with Crippen LogP contribution in [-0.4, -0.2) is 218 Å². The van der Waals surface area contributed by atoms with Gasteiger partial charge in [0.2, 0.25) is 59.1 Å². The monoisotopic (exact) mass is 1710 g/mol. The number of carbonyl (C=O) groups excluding carboxylic acids is 10. The second-order valence-corrected chi connectivity index (χ2v) is 33.9. The molecular weight excluding hydrogens is 1540 g/mol. The van der Waals surface area contributed by atoms with E-state index in [0.29, 0.717) is 141 Å². The molecule has 0 aromatic rings. The molecule has 0 fully saturated rings. The molecule has 30 nitrogen and oxygen atoms in total. The summed E-state index contributed by atoms with van der Waals surface area (Å²) >= 11 is 2.56. The van der Waals surface area contributed by atoms with Crippen molar-refractivity contribution in [3.63, 3.8) is 0 Å². The summed E-state index contributed by atoms with van der Waals surface area (Å²) in [6, 6.07) is -9.97. The minimum Gasteiger partial charge on any atom is -0.394 e. The predicted octanol–water partition coefficient (Wildman–Crippen LogP) is 6.05. The molecule has 0 aromatic carbocycles. The van der Waals surface area contributed by atoms with Gasteiger partial charge in [0, 0.05) is 62.3 Å². The van der Waals surface area contributed by atoms with Crippen molar-refractivity contribution in [3.05, 3.63) is 24.3 Å². The Hall–Kier alpha value is -5.52. The van der Waals surface area contributed by atoms with Crippen molar-refractivity contribution in [2.45, 2.75) is 370 Å². The molecule has 0 bridgehead atoms. The Bertz CT molecular complexity index is 2470. The highest BCUT2D eigenvalue weighted by atomic mass is 32.2. The predicted molar refractivity (Wildman–Crippen MR) is 483 cm³/mol. The molecule has 10 atom stereocenters. The van der Waals surface area contributed by atoms with E-state index in [1.165, 1.54) is 101 Å². The van der Waals surface area contributed by atoms with Crippen LogP contribution in [0.5, 0.6) is 0 Å². The first kappa shape index (κ1) is 112. The fourth-order valence-corrected chi connectivity index (χ4v) is 15.1. The first-order valence-electron chi connectivity index (χ1n) is 45.6. The van der Waals surface area contributed by atoms with Gasteiger partial charge >= 0.3 is 0 Å². The van der Waals surface area contributed by atoms with E-state index in [9.17, 15) is 58.2 Å². The lowest BCUT2D eigenvalue weighted by Gasteiger charge is -2.24.